The van der Waals surface area contributed by atoms with Gasteiger partial charge in [-0.3, -0.25) is 0 Å². The number of ether oxygens (including phenoxy) is 2. The van der Waals surface area contributed by atoms with Crippen LogP contribution in [0.2, 0.25) is 0 Å². The molecule has 168 valence electrons. The molecule has 0 aromatic heterocycles. The highest BCUT2D eigenvalue weighted by molar-refractivity contribution is 7.99. The van der Waals surface area contributed by atoms with Crippen LogP contribution in [0.1, 0.15) is 31.9 Å². The molecule has 32 heavy (non-hydrogen) atoms. The molecular formula is C27H31NO3S. The quantitative estimate of drug-likeness (QED) is 0.378. The first-order valence-corrected chi connectivity index (χ1v) is 11.6. The summed E-state index contributed by atoms with van der Waals surface area (Å²) in [6.07, 6.45) is 0.479. The minimum absolute atomic E-state index is 0.284. The Morgan fingerprint density at radius 3 is 2.00 bits per heavy atom. The Kier molecular flexibility index (Phi) is 8.23. The van der Waals surface area contributed by atoms with E-state index in [0.717, 1.165) is 22.6 Å². The zero-order chi connectivity index (χ0) is 23.0. The Bertz CT molecular complexity index is 980. The fourth-order valence-electron chi connectivity index (χ4n) is 3.13. The van der Waals surface area contributed by atoms with E-state index < -0.39 is 5.60 Å². The highest BCUT2D eigenvalue weighted by Crippen LogP contribution is 2.29. The lowest BCUT2D eigenvalue weighted by molar-refractivity contribution is 0.0236. The lowest BCUT2D eigenvalue weighted by atomic mass is 10.1. The van der Waals surface area contributed by atoms with Crippen molar-refractivity contribution in [2.24, 2.45) is 0 Å². The van der Waals surface area contributed by atoms with Crippen molar-refractivity contribution in [3.05, 3.63) is 90.0 Å². The topological polar surface area (TPSA) is 38.8 Å². The molecule has 0 aliphatic carbocycles. The van der Waals surface area contributed by atoms with Gasteiger partial charge in [-0.2, -0.15) is 0 Å². The second kappa shape index (κ2) is 11.1. The van der Waals surface area contributed by atoms with E-state index in [1.54, 1.807) is 23.8 Å². The summed E-state index contributed by atoms with van der Waals surface area (Å²) in [4.78, 5) is 16.9. The number of methoxy groups -OCH3 is 1. The van der Waals surface area contributed by atoms with Gasteiger partial charge in [-0.1, -0.05) is 54.2 Å². The van der Waals surface area contributed by atoms with Crippen LogP contribution in [-0.4, -0.2) is 30.2 Å². The van der Waals surface area contributed by atoms with Gasteiger partial charge in [0.1, 0.15) is 11.4 Å². The van der Waals surface area contributed by atoms with Crippen LogP contribution >= 0.6 is 11.8 Å². The molecule has 0 saturated heterocycles. The summed E-state index contributed by atoms with van der Waals surface area (Å²) in [6.45, 7) is 6.80. The summed E-state index contributed by atoms with van der Waals surface area (Å²) in [7, 11) is 1.67. The molecule has 0 unspecified atom stereocenters. The number of nitrogens with zero attached hydrogens (tertiary/aromatic N) is 1. The van der Waals surface area contributed by atoms with E-state index >= 15 is 0 Å². The number of hydrogen-bond acceptors (Lipinski definition) is 4. The molecule has 0 bridgehead atoms. The lowest BCUT2D eigenvalue weighted by Gasteiger charge is -2.27. The van der Waals surface area contributed by atoms with Crippen molar-refractivity contribution in [2.45, 2.75) is 49.1 Å². The normalized spacial score (nSPS) is 11.1. The molecule has 0 heterocycles. The molecule has 1 amide bonds. The molecule has 0 spiro atoms. The SMILES string of the molecule is COc1ccc(Sc2ccc(CCN(Cc3ccccc3)C(=O)OC(C)(C)C)cc2)cc1. The number of hydrogen-bond donors (Lipinski definition) is 0. The smallest absolute Gasteiger partial charge is 0.410 e. The van der Waals surface area contributed by atoms with E-state index in [0.29, 0.717) is 13.1 Å². The third kappa shape index (κ3) is 7.65. The van der Waals surface area contributed by atoms with Crippen LogP contribution < -0.4 is 4.74 Å². The van der Waals surface area contributed by atoms with E-state index in [-0.39, 0.29) is 6.09 Å². The van der Waals surface area contributed by atoms with Gasteiger partial charge in [-0.05, 0) is 74.7 Å². The summed E-state index contributed by atoms with van der Waals surface area (Å²) < 4.78 is 10.9. The molecule has 3 aromatic carbocycles. The third-order valence-electron chi connectivity index (χ3n) is 4.76. The largest absolute Gasteiger partial charge is 0.497 e. The van der Waals surface area contributed by atoms with Crippen molar-refractivity contribution in [3.63, 3.8) is 0 Å². The van der Waals surface area contributed by atoms with E-state index in [1.165, 1.54) is 10.5 Å². The molecule has 0 aliphatic heterocycles. The number of rotatable bonds is 8. The van der Waals surface area contributed by atoms with Crippen LogP contribution in [0, 0.1) is 0 Å². The first kappa shape index (κ1) is 23.7. The number of amides is 1. The maximum atomic E-state index is 12.8. The summed E-state index contributed by atoms with van der Waals surface area (Å²) in [5, 5.41) is 0. The third-order valence-corrected chi connectivity index (χ3v) is 5.77. The van der Waals surface area contributed by atoms with E-state index in [2.05, 4.69) is 36.4 Å². The Balaban J connectivity index is 1.62. The van der Waals surface area contributed by atoms with Gasteiger partial charge in [0.15, 0.2) is 0 Å². The van der Waals surface area contributed by atoms with E-state index in [9.17, 15) is 4.79 Å². The van der Waals surface area contributed by atoms with Gasteiger partial charge in [-0.15, -0.1) is 0 Å². The lowest BCUT2D eigenvalue weighted by Crippen LogP contribution is -2.37. The molecule has 0 saturated carbocycles. The van der Waals surface area contributed by atoms with Crippen LogP contribution in [0.4, 0.5) is 4.79 Å². The molecule has 0 atom stereocenters. The van der Waals surface area contributed by atoms with Gasteiger partial charge < -0.3 is 14.4 Å². The summed E-state index contributed by atoms with van der Waals surface area (Å²) in [5.74, 6) is 0.856. The standard InChI is InChI=1S/C27H31NO3S/c1-27(2,3)31-26(29)28(20-22-8-6-5-7-9-22)19-18-21-10-14-24(15-11-21)32-25-16-12-23(30-4)13-17-25/h5-17H,18-20H2,1-4H3. The molecule has 5 heteroatoms. The minimum Gasteiger partial charge on any atom is -0.497 e. The molecule has 0 aliphatic rings. The first-order chi connectivity index (χ1) is 15.3. The van der Waals surface area contributed by atoms with Crippen LogP contribution in [0.15, 0.2) is 88.7 Å². The van der Waals surface area contributed by atoms with Crippen LogP contribution in [0.25, 0.3) is 0 Å². The summed E-state index contributed by atoms with van der Waals surface area (Å²) >= 11 is 1.71. The average Bonchev–Trinajstić information content (AvgIpc) is 2.77. The maximum Gasteiger partial charge on any atom is 0.410 e. The molecule has 3 rings (SSSR count). The van der Waals surface area contributed by atoms with Gasteiger partial charge in [0, 0.05) is 22.9 Å². The van der Waals surface area contributed by atoms with E-state index in [4.69, 9.17) is 9.47 Å². The molecule has 3 aromatic rings. The Hall–Kier alpha value is -2.92. The van der Waals surface area contributed by atoms with Crippen LogP contribution in [0.3, 0.4) is 0 Å². The van der Waals surface area contributed by atoms with Crippen molar-refractivity contribution in [3.8, 4) is 5.75 Å². The zero-order valence-corrected chi connectivity index (χ0v) is 20.0. The molecule has 0 N–H and O–H groups in total. The highest BCUT2D eigenvalue weighted by Gasteiger charge is 2.22. The predicted molar refractivity (Wildman–Crippen MR) is 130 cm³/mol. The van der Waals surface area contributed by atoms with Crippen molar-refractivity contribution >= 4 is 17.9 Å². The van der Waals surface area contributed by atoms with Gasteiger partial charge in [-0.25, -0.2) is 4.79 Å². The predicted octanol–water partition coefficient (Wildman–Crippen LogP) is 6.83. The fourth-order valence-corrected chi connectivity index (χ4v) is 3.95. The summed E-state index contributed by atoms with van der Waals surface area (Å²) in [6, 6.07) is 26.6. The molecular weight excluding hydrogens is 418 g/mol. The van der Waals surface area contributed by atoms with Crippen molar-refractivity contribution < 1.29 is 14.3 Å². The minimum atomic E-state index is -0.521. The maximum absolute atomic E-state index is 12.8. The average molecular weight is 450 g/mol. The Labute approximate surface area is 195 Å². The highest BCUT2D eigenvalue weighted by atomic mass is 32.2. The second-order valence-electron chi connectivity index (χ2n) is 8.56. The molecule has 0 fully saturated rings. The fraction of sp³-hybridized carbons (Fsp3) is 0.296. The summed E-state index contributed by atoms with van der Waals surface area (Å²) in [5.41, 5.74) is 1.75. The van der Waals surface area contributed by atoms with Crippen LogP contribution in [-0.2, 0) is 17.7 Å². The van der Waals surface area contributed by atoms with E-state index in [1.807, 2.05) is 63.2 Å². The van der Waals surface area contributed by atoms with Crippen LogP contribution in [0.5, 0.6) is 5.75 Å². The second-order valence-corrected chi connectivity index (χ2v) is 9.71. The number of benzene rings is 3. The first-order valence-electron chi connectivity index (χ1n) is 10.7. The van der Waals surface area contributed by atoms with Gasteiger partial charge in [0.2, 0.25) is 0 Å². The van der Waals surface area contributed by atoms with Crippen molar-refractivity contribution in [2.75, 3.05) is 13.7 Å². The zero-order valence-electron chi connectivity index (χ0n) is 19.2. The van der Waals surface area contributed by atoms with Crippen molar-refractivity contribution in [1.82, 2.24) is 4.90 Å². The molecule has 4 nitrogen and oxygen atoms in total. The van der Waals surface area contributed by atoms with Crippen molar-refractivity contribution in [1.29, 1.82) is 0 Å². The van der Waals surface area contributed by atoms with Gasteiger partial charge in [0.25, 0.3) is 0 Å². The van der Waals surface area contributed by atoms with Gasteiger partial charge >= 0.3 is 6.09 Å². The number of carbonyl (C=O) groups excluding carboxylic acids is 1. The Morgan fingerprint density at radius 1 is 0.844 bits per heavy atom. The molecule has 0 radical (unpaired) electrons. The Morgan fingerprint density at radius 2 is 1.44 bits per heavy atom. The monoisotopic (exact) mass is 449 g/mol. The number of carbonyl (C=O) groups is 1. The van der Waals surface area contributed by atoms with Gasteiger partial charge in [0.05, 0.1) is 7.11 Å².